The number of pyridine rings is 1. The number of carbonyl (C=O) groups is 1. The van der Waals surface area contributed by atoms with E-state index in [1.165, 1.54) is 10.5 Å². The minimum atomic E-state index is -0.937. The van der Waals surface area contributed by atoms with Crippen LogP contribution in [0.2, 0.25) is 0 Å². The van der Waals surface area contributed by atoms with E-state index in [9.17, 15) is 9.59 Å². The molecule has 2 rings (SSSR count). The number of carboxylic acids is 1. The summed E-state index contributed by atoms with van der Waals surface area (Å²) in [5, 5.41) is 11.6. The first-order valence-electron chi connectivity index (χ1n) is 5.92. The quantitative estimate of drug-likeness (QED) is 0.840. The maximum atomic E-state index is 11.9. The zero-order chi connectivity index (χ0) is 14.0. The molecule has 0 amide bonds. The molecule has 0 aromatic carbocycles. The minimum absolute atomic E-state index is 0.176. The number of aliphatic carboxylic acids is 1. The smallest absolute Gasteiger partial charge is 0.320 e. The Labute approximate surface area is 109 Å². The van der Waals surface area contributed by atoms with Gasteiger partial charge in [0, 0.05) is 18.8 Å². The third-order valence-electron chi connectivity index (χ3n) is 2.84. The fourth-order valence-corrected chi connectivity index (χ4v) is 1.69. The maximum absolute atomic E-state index is 11.9. The highest BCUT2D eigenvalue weighted by Crippen LogP contribution is 2.03. The van der Waals surface area contributed by atoms with Gasteiger partial charge in [0.1, 0.15) is 11.7 Å². The molecule has 6 heteroatoms. The third-order valence-corrected chi connectivity index (χ3v) is 2.84. The monoisotopic (exact) mass is 261 g/mol. The molecule has 1 atom stereocenters. The van der Waals surface area contributed by atoms with Crippen LogP contribution in [0.3, 0.4) is 0 Å². The molecule has 100 valence electrons. The largest absolute Gasteiger partial charge is 0.480 e. The van der Waals surface area contributed by atoms with E-state index in [4.69, 9.17) is 5.11 Å². The molecule has 0 unspecified atom stereocenters. The molecule has 0 fully saturated rings. The van der Waals surface area contributed by atoms with Crippen LogP contribution in [-0.4, -0.2) is 26.5 Å². The molecule has 0 bridgehead atoms. The van der Waals surface area contributed by atoms with Crippen LogP contribution >= 0.6 is 0 Å². The van der Waals surface area contributed by atoms with Crippen molar-refractivity contribution < 1.29 is 9.90 Å². The van der Waals surface area contributed by atoms with Gasteiger partial charge in [0.25, 0.3) is 5.56 Å². The average molecular weight is 261 g/mol. The van der Waals surface area contributed by atoms with Crippen molar-refractivity contribution in [3.8, 4) is 0 Å². The van der Waals surface area contributed by atoms with Gasteiger partial charge in [-0.2, -0.15) is 0 Å². The summed E-state index contributed by atoms with van der Waals surface area (Å²) in [7, 11) is 0. The van der Waals surface area contributed by atoms with Gasteiger partial charge < -0.3 is 5.11 Å². The standard InChI is InChI=1S/C13H15N3O3/c1-8-3-4-16-11(5-8)15-10(6-12(16)17)7-14-9(2)13(18)19/h3-6,9,14H,7H2,1-2H3,(H,18,19)/t9-/m1/s1. The maximum Gasteiger partial charge on any atom is 0.320 e. The summed E-state index contributed by atoms with van der Waals surface area (Å²) in [4.78, 5) is 26.9. The topological polar surface area (TPSA) is 83.7 Å². The number of nitrogens with zero attached hydrogens (tertiary/aromatic N) is 2. The van der Waals surface area contributed by atoms with Gasteiger partial charge in [-0.05, 0) is 31.5 Å². The predicted octanol–water partition coefficient (Wildman–Crippen LogP) is 0.566. The number of hydrogen-bond donors (Lipinski definition) is 2. The molecule has 0 aliphatic carbocycles. The van der Waals surface area contributed by atoms with Gasteiger partial charge in [0.2, 0.25) is 0 Å². The zero-order valence-corrected chi connectivity index (χ0v) is 10.8. The van der Waals surface area contributed by atoms with Crippen molar-refractivity contribution in [2.45, 2.75) is 26.4 Å². The van der Waals surface area contributed by atoms with Crippen LogP contribution in [-0.2, 0) is 11.3 Å². The van der Waals surface area contributed by atoms with E-state index in [1.54, 1.807) is 13.1 Å². The molecule has 2 aromatic rings. The highest BCUT2D eigenvalue weighted by atomic mass is 16.4. The van der Waals surface area contributed by atoms with Gasteiger partial charge >= 0.3 is 5.97 Å². The van der Waals surface area contributed by atoms with Crippen LogP contribution < -0.4 is 10.9 Å². The molecular weight excluding hydrogens is 246 g/mol. The molecule has 6 nitrogen and oxygen atoms in total. The van der Waals surface area contributed by atoms with Crippen molar-refractivity contribution in [1.29, 1.82) is 0 Å². The van der Waals surface area contributed by atoms with E-state index < -0.39 is 12.0 Å². The molecule has 0 saturated heterocycles. The Hall–Kier alpha value is -2.21. The SMILES string of the molecule is Cc1ccn2c(=O)cc(CN[C@H](C)C(=O)O)nc2c1. The Balaban J connectivity index is 2.30. The molecule has 0 radical (unpaired) electrons. The average Bonchev–Trinajstić information content (AvgIpc) is 2.35. The molecular formula is C13H15N3O3. The van der Waals surface area contributed by atoms with Crippen LogP contribution in [0.4, 0.5) is 0 Å². The Morgan fingerprint density at radius 3 is 2.95 bits per heavy atom. The highest BCUT2D eigenvalue weighted by Gasteiger charge is 2.10. The van der Waals surface area contributed by atoms with E-state index in [1.807, 2.05) is 19.1 Å². The first-order valence-corrected chi connectivity index (χ1v) is 5.92. The molecule has 2 aromatic heterocycles. The lowest BCUT2D eigenvalue weighted by Gasteiger charge is -2.09. The van der Waals surface area contributed by atoms with Gasteiger partial charge in [-0.3, -0.25) is 19.3 Å². The van der Waals surface area contributed by atoms with Crippen molar-refractivity contribution in [3.63, 3.8) is 0 Å². The third kappa shape index (κ3) is 2.97. The fraction of sp³-hybridized carbons (Fsp3) is 0.308. The summed E-state index contributed by atoms with van der Waals surface area (Å²) < 4.78 is 1.46. The van der Waals surface area contributed by atoms with Crippen LogP contribution in [0.1, 0.15) is 18.2 Å². The van der Waals surface area contributed by atoms with E-state index in [0.717, 1.165) is 5.56 Å². The van der Waals surface area contributed by atoms with Crippen molar-refractivity contribution in [1.82, 2.24) is 14.7 Å². The summed E-state index contributed by atoms with van der Waals surface area (Å²) in [6, 6.07) is 4.37. The second-order valence-corrected chi connectivity index (χ2v) is 4.46. The van der Waals surface area contributed by atoms with Gasteiger partial charge in [0.05, 0.1) is 5.69 Å². The van der Waals surface area contributed by atoms with Gasteiger partial charge in [-0.15, -0.1) is 0 Å². The number of aryl methyl sites for hydroxylation is 1. The highest BCUT2D eigenvalue weighted by molar-refractivity contribution is 5.72. The van der Waals surface area contributed by atoms with Crippen molar-refractivity contribution in [2.75, 3.05) is 0 Å². The summed E-state index contributed by atoms with van der Waals surface area (Å²) in [6.07, 6.45) is 1.68. The first kappa shape index (κ1) is 13.2. The molecule has 0 spiro atoms. The number of rotatable bonds is 4. The number of hydrogen-bond acceptors (Lipinski definition) is 4. The number of fused-ring (bicyclic) bond motifs is 1. The van der Waals surface area contributed by atoms with Crippen LogP contribution in [0.15, 0.2) is 29.2 Å². The van der Waals surface area contributed by atoms with Crippen LogP contribution in [0.25, 0.3) is 5.65 Å². The van der Waals surface area contributed by atoms with Gasteiger partial charge in [-0.1, -0.05) is 0 Å². The summed E-state index contributed by atoms with van der Waals surface area (Å²) in [5.41, 5.74) is 1.93. The van der Waals surface area contributed by atoms with Gasteiger partial charge in [-0.25, -0.2) is 4.98 Å². The Bertz CT molecular complexity index is 678. The summed E-state index contributed by atoms with van der Waals surface area (Å²) in [6.45, 7) is 3.71. The van der Waals surface area contributed by atoms with E-state index in [2.05, 4.69) is 10.3 Å². The van der Waals surface area contributed by atoms with Crippen molar-refractivity contribution >= 4 is 11.6 Å². The summed E-state index contributed by atoms with van der Waals surface area (Å²) >= 11 is 0. The number of aromatic nitrogens is 2. The summed E-state index contributed by atoms with van der Waals surface area (Å²) in [5.74, 6) is -0.937. The number of carboxylic acid groups (broad SMARTS) is 1. The lowest BCUT2D eigenvalue weighted by Crippen LogP contribution is -2.33. The molecule has 19 heavy (non-hydrogen) atoms. The predicted molar refractivity (Wildman–Crippen MR) is 70.1 cm³/mol. The van der Waals surface area contributed by atoms with Crippen molar-refractivity contribution in [2.24, 2.45) is 0 Å². The van der Waals surface area contributed by atoms with E-state index in [-0.39, 0.29) is 12.1 Å². The molecule has 0 aliphatic rings. The first-order chi connectivity index (χ1) is 8.97. The van der Waals surface area contributed by atoms with Crippen LogP contribution in [0, 0.1) is 6.92 Å². The number of nitrogens with one attached hydrogen (secondary N) is 1. The van der Waals surface area contributed by atoms with Crippen LogP contribution in [0.5, 0.6) is 0 Å². The second-order valence-electron chi connectivity index (χ2n) is 4.46. The molecule has 0 saturated carbocycles. The molecule has 2 heterocycles. The van der Waals surface area contributed by atoms with Gasteiger partial charge in [0.15, 0.2) is 0 Å². The zero-order valence-electron chi connectivity index (χ0n) is 10.8. The Morgan fingerprint density at radius 1 is 1.53 bits per heavy atom. The Morgan fingerprint density at radius 2 is 2.26 bits per heavy atom. The normalized spacial score (nSPS) is 12.5. The fourth-order valence-electron chi connectivity index (χ4n) is 1.69. The van der Waals surface area contributed by atoms with Crippen molar-refractivity contribution in [3.05, 3.63) is 46.0 Å². The van der Waals surface area contributed by atoms with E-state index in [0.29, 0.717) is 11.3 Å². The Kier molecular flexibility index (Phi) is 3.62. The lowest BCUT2D eigenvalue weighted by molar-refractivity contribution is -0.139. The minimum Gasteiger partial charge on any atom is -0.480 e. The van der Waals surface area contributed by atoms with E-state index >= 15 is 0 Å². The lowest BCUT2D eigenvalue weighted by atomic mass is 10.3. The second kappa shape index (κ2) is 5.19. The molecule has 0 aliphatic heterocycles. The molecule has 2 N–H and O–H groups in total.